The molecule has 0 unspecified atom stereocenters. The Morgan fingerprint density at radius 2 is 0.523 bits per heavy atom. The second-order valence-electron chi connectivity index (χ2n) is 11.4. The van der Waals surface area contributed by atoms with Crippen LogP contribution in [0.1, 0.15) is 0 Å². The van der Waals surface area contributed by atoms with Crippen molar-refractivity contribution < 1.29 is 8.83 Å². The van der Waals surface area contributed by atoms with Crippen molar-refractivity contribution in [2.24, 2.45) is 0 Å². The Labute approximate surface area is 254 Å². The zero-order chi connectivity index (χ0) is 29.0. The highest BCUT2D eigenvalue weighted by atomic mass is 16.3. The molecule has 0 N–H and O–H groups in total. The molecule has 0 radical (unpaired) electrons. The largest absolute Gasteiger partial charge is 0.456 e. The molecule has 7 aromatic carbocycles. The van der Waals surface area contributed by atoms with Gasteiger partial charge >= 0.3 is 0 Å². The van der Waals surface area contributed by atoms with E-state index in [1.54, 1.807) is 0 Å². The van der Waals surface area contributed by atoms with E-state index >= 15 is 0 Å². The molecule has 0 spiro atoms. The highest BCUT2D eigenvalue weighted by Gasteiger charge is 2.15. The van der Waals surface area contributed by atoms with Gasteiger partial charge in [0.1, 0.15) is 22.3 Å². The molecule has 0 saturated heterocycles. The monoisotopic (exact) mass is 562 g/mol. The summed E-state index contributed by atoms with van der Waals surface area (Å²) in [5, 5.41) is 4.30. The summed E-state index contributed by atoms with van der Waals surface area (Å²) in [5.41, 5.74) is 13.0. The van der Waals surface area contributed by atoms with Gasteiger partial charge in [-0.1, -0.05) is 121 Å². The van der Waals surface area contributed by atoms with Gasteiger partial charge in [-0.2, -0.15) is 0 Å². The SMILES string of the molecule is c1ccc(-c2ccc(-c3ccc4oc5cc6c(cc5c4c3)oc3ccc(-c4ccc(-c5ccccc5)cc4)cc36)cc2)cc1. The zero-order valence-electron chi connectivity index (χ0n) is 23.8. The molecule has 44 heavy (non-hydrogen) atoms. The Hall–Kier alpha value is -5.86. The number of benzene rings is 7. The summed E-state index contributed by atoms with van der Waals surface area (Å²) in [6, 6.07) is 55.6. The summed E-state index contributed by atoms with van der Waals surface area (Å²) in [7, 11) is 0. The zero-order valence-corrected chi connectivity index (χ0v) is 23.8. The molecule has 0 bridgehead atoms. The average molecular weight is 563 g/mol. The normalized spacial score (nSPS) is 11.6. The molecular formula is C42H26O2. The van der Waals surface area contributed by atoms with Gasteiger partial charge in [0.25, 0.3) is 0 Å². The molecule has 2 nitrogen and oxygen atoms in total. The fourth-order valence-electron chi connectivity index (χ4n) is 6.38. The van der Waals surface area contributed by atoms with Crippen LogP contribution >= 0.6 is 0 Å². The molecule has 9 rings (SSSR count). The molecule has 2 heteroatoms. The first-order valence-electron chi connectivity index (χ1n) is 14.9. The summed E-state index contributed by atoms with van der Waals surface area (Å²) < 4.78 is 12.8. The third-order valence-electron chi connectivity index (χ3n) is 8.71. The number of hydrogen-bond donors (Lipinski definition) is 0. The Bertz CT molecular complexity index is 2270. The molecule has 0 saturated carbocycles. The van der Waals surface area contributed by atoms with Gasteiger partial charge in [0, 0.05) is 21.5 Å². The van der Waals surface area contributed by atoms with E-state index in [1.807, 2.05) is 12.1 Å². The van der Waals surface area contributed by atoms with Gasteiger partial charge in [-0.3, -0.25) is 0 Å². The van der Waals surface area contributed by atoms with Gasteiger partial charge in [-0.25, -0.2) is 0 Å². The van der Waals surface area contributed by atoms with E-state index in [-0.39, 0.29) is 0 Å². The van der Waals surface area contributed by atoms with Crippen molar-refractivity contribution in [3.05, 3.63) is 158 Å². The molecule has 2 aromatic heterocycles. The quantitative estimate of drug-likeness (QED) is 0.213. The van der Waals surface area contributed by atoms with Crippen molar-refractivity contribution in [1.29, 1.82) is 0 Å². The van der Waals surface area contributed by atoms with Crippen LogP contribution in [0.25, 0.3) is 88.4 Å². The second-order valence-corrected chi connectivity index (χ2v) is 11.4. The summed E-state index contributed by atoms with van der Waals surface area (Å²) in [6.07, 6.45) is 0. The summed E-state index contributed by atoms with van der Waals surface area (Å²) >= 11 is 0. The molecule has 0 aliphatic heterocycles. The van der Waals surface area contributed by atoms with E-state index in [0.717, 1.165) is 55.0 Å². The number of furan rings is 2. The average Bonchev–Trinajstić information content (AvgIpc) is 3.64. The predicted molar refractivity (Wildman–Crippen MR) is 183 cm³/mol. The molecule has 0 fully saturated rings. The predicted octanol–water partition coefficient (Wildman–Crippen LogP) is 12.2. The van der Waals surface area contributed by atoms with Crippen LogP contribution in [0.5, 0.6) is 0 Å². The second kappa shape index (κ2) is 9.86. The van der Waals surface area contributed by atoms with Crippen LogP contribution in [0.3, 0.4) is 0 Å². The molecule has 0 aliphatic carbocycles. The first-order valence-corrected chi connectivity index (χ1v) is 14.9. The standard InChI is InChI=1S/C42H26O2/c1-3-7-27(8-4-1)29-11-15-31(16-12-29)33-19-21-39-35(23-33)37-25-42-38(26-41(37)43-39)36-24-34(20-22-40(36)44-42)32-17-13-30(14-18-32)28-9-5-2-6-10-28/h1-26H. The van der Waals surface area contributed by atoms with Crippen LogP contribution in [0, 0.1) is 0 Å². The van der Waals surface area contributed by atoms with Crippen LogP contribution in [0.15, 0.2) is 167 Å². The van der Waals surface area contributed by atoms with Crippen molar-refractivity contribution in [2.45, 2.75) is 0 Å². The third-order valence-corrected chi connectivity index (χ3v) is 8.71. The van der Waals surface area contributed by atoms with Crippen LogP contribution in [-0.4, -0.2) is 0 Å². The van der Waals surface area contributed by atoms with Crippen molar-refractivity contribution >= 4 is 43.9 Å². The van der Waals surface area contributed by atoms with Crippen LogP contribution in [0.4, 0.5) is 0 Å². The van der Waals surface area contributed by atoms with E-state index in [9.17, 15) is 0 Å². The molecule has 2 heterocycles. The van der Waals surface area contributed by atoms with Gasteiger partial charge < -0.3 is 8.83 Å². The van der Waals surface area contributed by atoms with Crippen molar-refractivity contribution in [3.63, 3.8) is 0 Å². The first kappa shape index (κ1) is 24.7. The van der Waals surface area contributed by atoms with Crippen LogP contribution < -0.4 is 0 Å². The third kappa shape index (κ3) is 4.11. The van der Waals surface area contributed by atoms with Crippen LogP contribution in [-0.2, 0) is 0 Å². The minimum Gasteiger partial charge on any atom is -0.456 e. The van der Waals surface area contributed by atoms with Crippen molar-refractivity contribution in [3.8, 4) is 44.5 Å². The fraction of sp³-hybridized carbons (Fsp3) is 0. The number of hydrogen-bond acceptors (Lipinski definition) is 2. The summed E-state index contributed by atoms with van der Waals surface area (Å²) in [4.78, 5) is 0. The molecular weight excluding hydrogens is 536 g/mol. The lowest BCUT2D eigenvalue weighted by Gasteiger charge is -2.05. The highest BCUT2D eigenvalue weighted by Crippen LogP contribution is 2.39. The number of rotatable bonds is 4. The summed E-state index contributed by atoms with van der Waals surface area (Å²) in [5.74, 6) is 0. The maximum Gasteiger partial charge on any atom is 0.136 e. The maximum absolute atomic E-state index is 6.38. The Balaban J connectivity index is 1.09. The van der Waals surface area contributed by atoms with Gasteiger partial charge in [0.2, 0.25) is 0 Å². The Morgan fingerprint density at radius 1 is 0.227 bits per heavy atom. The molecule has 9 aromatic rings. The van der Waals surface area contributed by atoms with E-state index in [4.69, 9.17) is 8.83 Å². The maximum atomic E-state index is 6.38. The molecule has 0 amide bonds. The lowest BCUT2D eigenvalue weighted by atomic mass is 9.98. The molecule has 0 atom stereocenters. The smallest absolute Gasteiger partial charge is 0.136 e. The Morgan fingerprint density at radius 3 is 0.909 bits per heavy atom. The lowest BCUT2D eigenvalue weighted by molar-refractivity contribution is 0.664. The van der Waals surface area contributed by atoms with Crippen molar-refractivity contribution in [2.75, 3.05) is 0 Å². The highest BCUT2D eigenvalue weighted by molar-refractivity contribution is 6.15. The van der Waals surface area contributed by atoms with Gasteiger partial charge in [0.05, 0.1) is 0 Å². The van der Waals surface area contributed by atoms with E-state index in [1.165, 1.54) is 33.4 Å². The minimum atomic E-state index is 0.865. The first-order chi connectivity index (χ1) is 21.8. The summed E-state index contributed by atoms with van der Waals surface area (Å²) in [6.45, 7) is 0. The molecule has 206 valence electrons. The van der Waals surface area contributed by atoms with Gasteiger partial charge in [-0.15, -0.1) is 0 Å². The van der Waals surface area contributed by atoms with E-state index < -0.39 is 0 Å². The van der Waals surface area contributed by atoms with Crippen molar-refractivity contribution in [1.82, 2.24) is 0 Å². The molecule has 0 aliphatic rings. The van der Waals surface area contributed by atoms with Crippen LogP contribution in [0.2, 0.25) is 0 Å². The van der Waals surface area contributed by atoms with Gasteiger partial charge in [-0.05, 0) is 80.9 Å². The van der Waals surface area contributed by atoms with Gasteiger partial charge in [0.15, 0.2) is 0 Å². The Kier molecular flexibility index (Phi) is 5.54. The van der Waals surface area contributed by atoms with E-state index in [0.29, 0.717) is 0 Å². The number of fused-ring (bicyclic) bond motifs is 6. The topological polar surface area (TPSA) is 26.3 Å². The lowest BCUT2D eigenvalue weighted by Crippen LogP contribution is -1.80. The van der Waals surface area contributed by atoms with E-state index in [2.05, 4.69) is 146 Å². The fourth-order valence-corrected chi connectivity index (χ4v) is 6.38. The minimum absolute atomic E-state index is 0.865.